The topological polar surface area (TPSA) is 38.1 Å². The van der Waals surface area contributed by atoms with Crippen molar-refractivity contribution in [3.8, 4) is 0 Å². The summed E-state index contributed by atoms with van der Waals surface area (Å²) in [7, 11) is 0. The lowest BCUT2D eigenvalue weighted by atomic mass is 9.78. The second kappa shape index (κ2) is 6.76. The van der Waals surface area contributed by atoms with Crippen molar-refractivity contribution in [2.45, 2.75) is 64.2 Å². The minimum Gasteiger partial charge on any atom is -0.338 e. The molecule has 2 aliphatic rings. The molecule has 1 saturated carbocycles. The summed E-state index contributed by atoms with van der Waals surface area (Å²) in [6.45, 7) is 3.06. The Morgan fingerprint density at radius 1 is 1.25 bits per heavy atom. The van der Waals surface area contributed by atoms with Gasteiger partial charge in [-0.05, 0) is 38.2 Å². The molecule has 7 heteroatoms. The first-order chi connectivity index (χ1) is 11.4. The fourth-order valence-electron chi connectivity index (χ4n) is 4.13. The molecule has 2 fully saturated rings. The zero-order valence-electron chi connectivity index (χ0n) is 13.9. The summed E-state index contributed by atoms with van der Waals surface area (Å²) in [4.78, 5) is 14.5. The lowest BCUT2D eigenvalue weighted by Gasteiger charge is -2.36. The number of aromatic nitrogens is 2. The highest BCUT2D eigenvalue weighted by atomic mass is 19.4. The summed E-state index contributed by atoms with van der Waals surface area (Å²) >= 11 is 0. The predicted octanol–water partition coefficient (Wildman–Crippen LogP) is 3.55. The van der Waals surface area contributed by atoms with E-state index in [0.29, 0.717) is 32.4 Å². The van der Waals surface area contributed by atoms with E-state index in [1.54, 1.807) is 15.8 Å². The normalized spacial score (nSPS) is 28.3. The predicted molar refractivity (Wildman–Crippen MR) is 83.2 cm³/mol. The van der Waals surface area contributed by atoms with Gasteiger partial charge in [0.1, 0.15) is 0 Å². The van der Waals surface area contributed by atoms with Crippen molar-refractivity contribution in [1.29, 1.82) is 0 Å². The summed E-state index contributed by atoms with van der Waals surface area (Å²) in [6.07, 6.45) is 2.75. The smallest absolute Gasteiger partial charge is 0.338 e. The highest BCUT2D eigenvalue weighted by Crippen LogP contribution is 2.42. The highest BCUT2D eigenvalue weighted by molar-refractivity contribution is 5.80. The lowest BCUT2D eigenvalue weighted by Crippen LogP contribution is -2.47. The van der Waals surface area contributed by atoms with E-state index in [2.05, 4.69) is 5.10 Å². The average Bonchev–Trinajstić information content (AvgIpc) is 3.15. The number of hydrogen-bond donors (Lipinski definition) is 0. The largest absolute Gasteiger partial charge is 0.392 e. The summed E-state index contributed by atoms with van der Waals surface area (Å²) < 4.78 is 41.7. The maximum absolute atomic E-state index is 13.3. The average molecular weight is 343 g/mol. The number of aryl methyl sites for hydroxylation is 1. The SMILES string of the molecule is Cc1cnn(C[C@@H]2CCCN2C(=O)[C@@H]2CCCC[C@@H]2C(F)(F)F)c1. The van der Waals surface area contributed by atoms with E-state index >= 15 is 0 Å². The van der Waals surface area contributed by atoms with E-state index in [1.807, 2.05) is 13.1 Å². The number of halogens is 3. The second-order valence-corrected chi connectivity index (χ2v) is 7.11. The summed E-state index contributed by atoms with van der Waals surface area (Å²) in [6, 6.07) is -0.0485. The van der Waals surface area contributed by atoms with E-state index < -0.39 is 18.0 Å². The second-order valence-electron chi connectivity index (χ2n) is 7.11. The van der Waals surface area contributed by atoms with Crippen molar-refractivity contribution in [2.24, 2.45) is 11.8 Å². The number of hydrogen-bond acceptors (Lipinski definition) is 2. The van der Waals surface area contributed by atoms with Gasteiger partial charge in [0.25, 0.3) is 0 Å². The van der Waals surface area contributed by atoms with Crippen LogP contribution >= 0.6 is 0 Å². The highest BCUT2D eigenvalue weighted by Gasteiger charge is 2.49. The van der Waals surface area contributed by atoms with Crippen molar-refractivity contribution in [2.75, 3.05) is 6.54 Å². The molecule has 4 nitrogen and oxygen atoms in total. The number of carbonyl (C=O) groups is 1. The van der Waals surface area contributed by atoms with Crippen LogP contribution < -0.4 is 0 Å². The minimum absolute atomic E-state index is 0.0485. The number of rotatable bonds is 3. The Morgan fingerprint density at radius 2 is 2.00 bits per heavy atom. The number of likely N-dealkylation sites (tertiary alicyclic amines) is 1. The molecular weight excluding hydrogens is 319 g/mol. The van der Waals surface area contributed by atoms with Gasteiger partial charge in [-0.25, -0.2) is 0 Å². The van der Waals surface area contributed by atoms with Crippen LogP contribution in [0.1, 0.15) is 44.1 Å². The van der Waals surface area contributed by atoms with Crippen molar-refractivity contribution in [3.05, 3.63) is 18.0 Å². The number of alkyl halides is 3. The van der Waals surface area contributed by atoms with Gasteiger partial charge in [-0.1, -0.05) is 12.8 Å². The monoisotopic (exact) mass is 343 g/mol. The Morgan fingerprint density at radius 3 is 2.67 bits per heavy atom. The summed E-state index contributed by atoms with van der Waals surface area (Å²) in [5.41, 5.74) is 1.04. The van der Waals surface area contributed by atoms with Crippen molar-refractivity contribution < 1.29 is 18.0 Å². The van der Waals surface area contributed by atoms with Crippen LogP contribution in [-0.2, 0) is 11.3 Å². The molecule has 0 spiro atoms. The van der Waals surface area contributed by atoms with E-state index in [-0.39, 0.29) is 18.4 Å². The van der Waals surface area contributed by atoms with Crippen LogP contribution in [0, 0.1) is 18.8 Å². The zero-order valence-corrected chi connectivity index (χ0v) is 13.9. The molecule has 1 saturated heterocycles. The Hall–Kier alpha value is -1.53. The maximum Gasteiger partial charge on any atom is 0.392 e. The Kier molecular flexibility index (Phi) is 4.88. The maximum atomic E-state index is 13.3. The van der Waals surface area contributed by atoms with Gasteiger partial charge >= 0.3 is 6.18 Å². The zero-order chi connectivity index (χ0) is 17.3. The molecular formula is C17H24F3N3O. The molecule has 0 N–H and O–H groups in total. The van der Waals surface area contributed by atoms with Gasteiger partial charge in [0, 0.05) is 18.7 Å². The number of nitrogens with zero attached hydrogens (tertiary/aromatic N) is 3. The molecule has 0 aromatic carbocycles. The Balaban J connectivity index is 1.72. The van der Waals surface area contributed by atoms with Crippen LogP contribution in [0.2, 0.25) is 0 Å². The van der Waals surface area contributed by atoms with Crippen LogP contribution in [0.25, 0.3) is 0 Å². The quantitative estimate of drug-likeness (QED) is 0.842. The molecule has 1 aromatic heterocycles. The van der Waals surface area contributed by atoms with Crippen LogP contribution in [-0.4, -0.2) is 39.4 Å². The van der Waals surface area contributed by atoms with Gasteiger partial charge in [0.05, 0.1) is 24.7 Å². The van der Waals surface area contributed by atoms with E-state index in [4.69, 9.17) is 0 Å². The van der Waals surface area contributed by atoms with Gasteiger partial charge in [0.15, 0.2) is 0 Å². The number of carbonyl (C=O) groups excluding carboxylic acids is 1. The lowest BCUT2D eigenvalue weighted by molar-refractivity contribution is -0.201. The third kappa shape index (κ3) is 3.59. The summed E-state index contributed by atoms with van der Waals surface area (Å²) in [5.74, 6) is -2.69. The minimum atomic E-state index is -4.28. The van der Waals surface area contributed by atoms with Crippen molar-refractivity contribution in [1.82, 2.24) is 14.7 Å². The molecule has 134 valence electrons. The first-order valence-corrected chi connectivity index (χ1v) is 8.72. The molecule has 0 bridgehead atoms. The van der Waals surface area contributed by atoms with Gasteiger partial charge < -0.3 is 4.90 Å². The molecule has 2 heterocycles. The first-order valence-electron chi connectivity index (χ1n) is 8.72. The Bertz CT molecular complexity index is 584. The fourth-order valence-corrected chi connectivity index (χ4v) is 4.13. The fraction of sp³-hybridized carbons (Fsp3) is 0.765. The molecule has 0 radical (unpaired) electrons. The number of amides is 1. The molecule has 3 atom stereocenters. The van der Waals surface area contributed by atoms with E-state index in [9.17, 15) is 18.0 Å². The van der Waals surface area contributed by atoms with Crippen molar-refractivity contribution >= 4 is 5.91 Å². The van der Waals surface area contributed by atoms with Crippen LogP contribution in [0.15, 0.2) is 12.4 Å². The first kappa shape index (κ1) is 17.3. The molecule has 1 aliphatic heterocycles. The van der Waals surface area contributed by atoms with E-state index in [0.717, 1.165) is 18.4 Å². The molecule has 3 rings (SSSR count). The standard InChI is InChI=1S/C17H24F3N3O/c1-12-9-21-22(10-12)11-13-5-4-8-23(13)16(24)14-6-2-3-7-15(14)17(18,19)20/h9-10,13-15H,2-8,11H2,1H3/t13-,14+,15-/m0/s1. The molecule has 1 amide bonds. The van der Waals surface area contributed by atoms with Gasteiger partial charge in [0.2, 0.25) is 5.91 Å². The van der Waals surface area contributed by atoms with E-state index in [1.165, 1.54) is 0 Å². The Labute approximate surface area is 140 Å². The van der Waals surface area contributed by atoms with Crippen LogP contribution in [0.3, 0.4) is 0 Å². The van der Waals surface area contributed by atoms with Gasteiger partial charge in [-0.15, -0.1) is 0 Å². The molecule has 24 heavy (non-hydrogen) atoms. The molecule has 1 aromatic rings. The molecule has 0 unspecified atom stereocenters. The third-order valence-corrected chi connectivity index (χ3v) is 5.32. The van der Waals surface area contributed by atoms with Gasteiger partial charge in [-0.2, -0.15) is 18.3 Å². The van der Waals surface area contributed by atoms with Crippen molar-refractivity contribution in [3.63, 3.8) is 0 Å². The third-order valence-electron chi connectivity index (χ3n) is 5.32. The summed E-state index contributed by atoms with van der Waals surface area (Å²) in [5, 5.41) is 4.24. The molecule has 1 aliphatic carbocycles. The van der Waals surface area contributed by atoms with Crippen LogP contribution in [0.4, 0.5) is 13.2 Å². The van der Waals surface area contributed by atoms with Crippen LogP contribution in [0.5, 0.6) is 0 Å². The van der Waals surface area contributed by atoms with Gasteiger partial charge in [-0.3, -0.25) is 9.48 Å².